The van der Waals surface area contributed by atoms with E-state index in [-0.39, 0.29) is 11.9 Å². The number of nitrogens with one attached hydrogen (secondary N) is 2. The molecule has 0 aromatic heterocycles. The van der Waals surface area contributed by atoms with Crippen molar-refractivity contribution in [3.05, 3.63) is 29.8 Å². The molecule has 0 saturated heterocycles. The summed E-state index contributed by atoms with van der Waals surface area (Å²) in [6.07, 6.45) is 3.60. The molecule has 4 heteroatoms. The van der Waals surface area contributed by atoms with Crippen LogP contribution in [0.1, 0.15) is 30.9 Å². The second-order valence-electron chi connectivity index (χ2n) is 5.34. The number of rotatable bonds is 7. The zero-order valence-electron chi connectivity index (χ0n) is 11.0. The topological polar surface area (TPSA) is 50.4 Å². The SMILES string of the molecule is O=C1Nc2ccccc2C1NCCCOCC1CC1. The molecular weight excluding hydrogens is 240 g/mol. The fourth-order valence-corrected chi connectivity index (χ4v) is 2.37. The van der Waals surface area contributed by atoms with E-state index in [1.165, 1.54) is 12.8 Å². The number of ether oxygens (including phenoxy) is 1. The second kappa shape index (κ2) is 5.72. The summed E-state index contributed by atoms with van der Waals surface area (Å²) in [5.74, 6) is 0.862. The van der Waals surface area contributed by atoms with E-state index in [0.29, 0.717) is 0 Å². The third-order valence-electron chi connectivity index (χ3n) is 3.66. The summed E-state index contributed by atoms with van der Waals surface area (Å²) >= 11 is 0. The summed E-state index contributed by atoms with van der Waals surface area (Å²) in [5, 5.41) is 6.19. The van der Waals surface area contributed by atoms with Gasteiger partial charge in [0, 0.05) is 24.5 Å². The largest absolute Gasteiger partial charge is 0.381 e. The Labute approximate surface area is 113 Å². The third-order valence-corrected chi connectivity index (χ3v) is 3.66. The summed E-state index contributed by atoms with van der Waals surface area (Å²) in [5.41, 5.74) is 1.97. The first-order valence-electron chi connectivity index (χ1n) is 7.05. The van der Waals surface area contributed by atoms with E-state index in [4.69, 9.17) is 4.74 Å². The molecule has 1 saturated carbocycles. The Kier molecular flexibility index (Phi) is 3.80. The summed E-state index contributed by atoms with van der Waals surface area (Å²) in [4.78, 5) is 11.8. The lowest BCUT2D eigenvalue weighted by Gasteiger charge is -2.11. The van der Waals surface area contributed by atoms with Gasteiger partial charge in [-0.2, -0.15) is 0 Å². The average Bonchev–Trinajstić information content (AvgIpc) is 3.18. The van der Waals surface area contributed by atoms with Crippen molar-refractivity contribution in [1.29, 1.82) is 0 Å². The van der Waals surface area contributed by atoms with Crippen molar-refractivity contribution in [2.75, 3.05) is 25.1 Å². The first-order chi connectivity index (χ1) is 9.34. The molecule has 1 heterocycles. The van der Waals surface area contributed by atoms with Crippen LogP contribution in [0, 0.1) is 5.92 Å². The Bertz CT molecular complexity index is 457. The fraction of sp³-hybridized carbons (Fsp3) is 0.533. The lowest BCUT2D eigenvalue weighted by Crippen LogP contribution is -2.28. The summed E-state index contributed by atoms with van der Waals surface area (Å²) in [6.45, 7) is 2.49. The van der Waals surface area contributed by atoms with Crippen LogP contribution in [0.4, 0.5) is 5.69 Å². The van der Waals surface area contributed by atoms with Crippen LogP contribution in [0.3, 0.4) is 0 Å². The van der Waals surface area contributed by atoms with Gasteiger partial charge in [-0.25, -0.2) is 0 Å². The number of hydrogen-bond donors (Lipinski definition) is 2. The van der Waals surface area contributed by atoms with E-state index in [1.807, 2.05) is 24.3 Å². The number of amides is 1. The van der Waals surface area contributed by atoms with E-state index >= 15 is 0 Å². The van der Waals surface area contributed by atoms with Gasteiger partial charge >= 0.3 is 0 Å². The zero-order valence-corrected chi connectivity index (χ0v) is 11.0. The molecule has 0 bridgehead atoms. The minimum absolute atomic E-state index is 0.0418. The molecule has 1 fully saturated rings. The Morgan fingerprint density at radius 1 is 1.32 bits per heavy atom. The molecule has 1 aliphatic carbocycles. The molecule has 1 aliphatic heterocycles. The van der Waals surface area contributed by atoms with Gasteiger partial charge in [-0.3, -0.25) is 4.79 Å². The molecule has 1 aromatic rings. The number of fused-ring (bicyclic) bond motifs is 1. The van der Waals surface area contributed by atoms with Crippen LogP contribution in [-0.4, -0.2) is 25.7 Å². The van der Waals surface area contributed by atoms with Crippen LogP contribution in [-0.2, 0) is 9.53 Å². The highest BCUT2D eigenvalue weighted by atomic mass is 16.5. The quantitative estimate of drug-likeness (QED) is 0.738. The van der Waals surface area contributed by atoms with E-state index in [1.54, 1.807) is 0 Å². The molecule has 0 radical (unpaired) electrons. The first kappa shape index (κ1) is 12.6. The fourth-order valence-electron chi connectivity index (χ4n) is 2.37. The van der Waals surface area contributed by atoms with Gasteiger partial charge in [0.25, 0.3) is 0 Å². The predicted octanol–water partition coefficient (Wildman–Crippen LogP) is 2.09. The van der Waals surface area contributed by atoms with Gasteiger partial charge in [-0.15, -0.1) is 0 Å². The zero-order chi connectivity index (χ0) is 13.1. The Morgan fingerprint density at radius 3 is 3.00 bits per heavy atom. The Hall–Kier alpha value is -1.39. The van der Waals surface area contributed by atoms with Crippen LogP contribution < -0.4 is 10.6 Å². The van der Waals surface area contributed by atoms with Gasteiger partial charge in [-0.05, 0) is 37.8 Å². The first-order valence-corrected chi connectivity index (χ1v) is 7.05. The van der Waals surface area contributed by atoms with Gasteiger partial charge in [0.15, 0.2) is 0 Å². The summed E-state index contributed by atoms with van der Waals surface area (Å²) in [7, 11) is 0. The minimum Gasteiger partial charge on any atom is -0.381 e. The van der Waals surface area contributed by atoms with Crippen molar-refractivity contribution in [3.63, 3.8) is 0 Å². The van der Waals surface area contributed by atoms with E-state index < -0.39 is 0 Å². The number of hydrogen-bond acceptors (Lipinski definition) is 3. The van der Waals surface area contributed by atoms with E-state index in [0.717, 1.165) is 43.3 Å². The molecule has 2 N–H and O–H groups in total. The molecule has 0 spiro atoms. The van der Waals surface area contributed by atoms with Crippen molar-refractivity contribution < 1.29 is 9.53 Å². The molecule has 19 heavy (non-hydrogen) atoms. The maximum absolute atomic E-state index is 11.8. The lowest BCUT2D eigenvalue weighted by molar-refractivity contribution is -0.117. The van der Waals surface area contributed by atoms with E-state index in [9.17, 15) is 4.79 Å². The lowest BCUT2D eigenvalue weighted by atomic mass is 10.1. The maximum atomic E-state index is 11.8. The standard InChI is InChI=1S/C15H20N2O2/c18-15-14(12-4-1-2-5-13(12)17-15)16-8-3-9-19-10-11-6-7-11/h1-2,4-5,11,14,16H,3,6-10H2,(H,17,18). The smallest absolute Gasteiger partial charge is 0.246 e. The van der Waals surface area contributed by atoms with Crippen molar-refractivity contribution in [3.8, 4) is 0 Å². The monoisotopic (exact) mass is 260 g/mol. The van der Waals surface area contributed by atoms with Crippen molar-refractivity contribution in [1.82, 2.24) is 5.32 Å². The molecule has 4 nitrogen and oxygen atoms in total. The normalized spacial score (nSPS) is 21.3. The number of para-hydroxylation sites is 1. The summed E-state index contributed by atoms with van der Waals surface area (Å²) < 4.78 is 5.58. The van der Waals surface area contributed by atoms with Gasteiger partial charge in [0.2, 0.25) is 5.91 Å². The number of carbonyl (C=O) groups excluding carboxylic acids is 1. The molecule has 1 amide bonds. The Morgan fingerprint density at radius 2 is 2.16 bits per heavy atom. The van der Waals surface area contributed by atoms with Crippen LogP contribution in [0.2, 0.25) is 0 Å². The van der Waals surface area contributed by atoms with Crippen LogP contribution in [0.5, 0.6) is 0 Å². The molecular formula is C15H20N2O2. The predicted molar refractivity (Wildman–Crippen MR) is 74.0 cm³/mol. The van der Waals surface area contributed by atoms with Crippen LogP contribution >= 0.6 is 0 Å². The van der Waals surface area contributed by atoms with Crippen LogP contribution in [0.15, 0.2) is 24.3 Å². The van der Waals surface area contributed by atoms with Crippen LogP contribution in [0.25, 0.3) is 0 Å². The van der Waals surface area contributed by atoms with Crippen molar-refractivity contribution in [2.45, 2.75) is 25.3 Å². The maximum Gasteiger partial charge on any atom is 0.246 e. The number of carbonyl (C=O) groups is 1. The third kappa shape index (κ3) is 3.14. The molecule has 102 valence electrons. The molecule has 1 aromatic carbocycles. The Balaban J connectivity index is 1.41. The highest BCUT2D eigenvalue weighted by Crippen LogP contribution is 2.30. The van der Waals surface area contributed by atoms with Crippen molar-refractivity contribution in [2.24, 2.45) is 5.92 Å². The van der Waals surface area contributed by atoms with Gasteiger partial charge in [0.1, 0.15) is 6.04 Å². The van der Waals surface area contributed by atoms with E-state index in [2.05, 4.69) is 10.6 Å². The number of benzene rings is 1. The summed E-state index contributed by atoms with van der Waals surface area (Å²) in [6, 6.07) is 7.63. The minimum atomic E-state index is -0.209. The van der Waals surface area contributed by atoms with Gasteiger partial charge < -0.3 is 15.4 Å². The van der Waals surface area contributed by atoms with Crippen molar-refractivity contribution >= 4 is 11.6 Å². The second-order valence-corrected chi connectivity index (χ2v) is 5.34. The van der Waals surface area contributed by atoms with Gasteiger partial charge in [0.05, 0.1) is 0 Å². The molecule has 3 rings (SSSR count). The van der Waals surface area contributed by atoms with Gasteiger partial charge in [-0.1, -0.05) is 18.2 Å². The molecule has 1 unspecified atom stereocenters. The molecule has 2 aliphatic rings. The highest BCUT2D eigenvalue weighted by Gasteiger charge is 2.29. The number of anilines is 1. The average molecular weight is 260 g/mol. The molecule has 1 atom stereocenters. The highest BCUT2D eigenvalue weighted by molar-refractivity contribution is 6.02.